The van der Waals surface area contributed by atoms with Gasteiger partial charge in [-0.1, -0.05) is 0 Å². The number of rotatable bonds is 7. The lowest BCUT2D eigenvalue weighted by molar-refractivity contribution is -0.137. The number of nitrogens with zero attached hydrogens (tertiary/aromatic N) is 3. The zero-order valence-electron chi connectivity index (χ0n) is 13.2. The molecule has 0 aliphatic rings. The van der Waals surface area contributed by atoms with Gasteiger partial charge in [0, 0.05) is 31.7 Å². The van der Waals surface area contributed by atoms with Crippen molar-refractivity contribution in [2.75, 3.05) is 5.32 Å². The number of carbonyl (C=O) groups is 1. The van der Waals surface area contributed by atoms with Gasteiger partial charge in [-0.15, -0.1) is 0 Å². The zero-order valence-corrected chi connectivity index (χ0v) is 13.2. The van der Waals surface area contributed by atoms with Crippen LogP contribution in [0.4, 0.5) is 5.95 Å². The first-order chi connectivity index (χ1) is 10.4. The summed E-state index contributed by atoms with van der Waals surface area (Å²) in [5.74, 6) is -0.270. The monoisotopic (exact) mass is 306 g/mol. The molecule has 7 heteroatoms. The van der Waals surface area contributed by atoms with Crippen molar-refractivity contribution in [2.24, 2.45) is 0 Å². The van der Waals surface area contributed by atoms with Crippen molar-refractivity contribution in [3.8, 4) is 0 Å². The van der Waals surface area contributed by atoms with Gasteiger partial charge in [0.05, 0.1) is 5.39 Å². The van der Waals surface area contributed by atoms with Gasteiger partial charge < -0.3 is 15.0 Å². The average molecular weight is 306 g/mol. The van der Waals surface area contributed by atoms with Crippen LogP contribution in [0, 0.1) is 0 Å². The van der Waals surface area contributed by atoms with E-state index >= 15 is 0 Å². The van der Waals surface area contributed by atoms with Gasteiger partial charge >= 0.3 is 5.97 Å². The Morgan fingerprint density at radius 3 is 2.77 bits per heavy atom. The summed E-state index contributed by atoms with van der Waals surface area (Å²) in [6.45, 7) is 6.95. The van der Waals surface area contributed by atoms with E-state index in [0.29, 0.717) is 36.5 Å². The molecule has 0 aliphatic carbocycles. The highest BCUT2D eigenvalue weighted by Gasteiger charge is 2.14. The summed E-state index contributed by atoms with van der Waals surface area (Å²) in [4.78, 5) is 27.7. The topological polar surface area (TPSA) is 89.2 Å². The molecular formula is C15H22N4O3. The lowest BCUT2D eigenvalue weighted by Crippen LogP contribution is -2.26. The molecule has 0 radical (unpaired) electrons. The minimum Gasteiger partial charge on any atom is -0.481 e. The molecule has 2 aromatic rings. The Morgan fingerprint density at radius 2 is 2.18 bits per heavy atom. The SMILES string of the molecule is CCn1c(NC(C)C)nc2c(ccn2CCCC(=O)O)c1=O. The average Bonchev–Trinajstić information content (AvgIpc) is 2.82. The number of anilines is 1. The fourth-order valence-corrected chi connectivity index (χ4v) is 2.40. The van der Waals surface area contributed by atoms with Gasteiger partial charge in [0.2, 0.25) is 5.95 Å². The molecule has 2 rings (SSSR count). The van der Waals surface area contributed by atoms with E-state index in [2.05, 4.69) is 10.3 Å². The summed E-state index contributed by atoms with van der Waals surface area (Å²) in [6, 6.07) is 1.91. The van der Waals surface area contributed by atoms with Crippen LogP contribution in [0.2, 0.25) is 0 Å². The molecule has 0 fully saturated rings. The number of hydrogen-bond donors (Lipinski definition) is 2. The molecule has 2 aromatic heterocycles. The molecular weight excluding hydrogens is 284 g/mol. The normalized spacial score (nSPS) is 11.3. The molecule has 0 amide bonds. The number of carboxylic acids is 1. The summed E-state index contributed by atoms with van der Waals surface area (Å²) in [5.41, 5.74) is 0.524. The van der Waals surface area contributed by atoms with Gasteiger partial charge in [0.25, 0.3) is 5.56 Å². The predicted octanol–water partition coefficient (Wildman–Crippen LogP) is 1.90. The first kappa shape index (κ1) is 16.1. The summed E-state index contributed by atoms with van der Waals surface area (Å²) >= 11 is 0. The number of fused-ring (bicyclic) bond motifs is 1. The van der Waals surface area contributed by atoms with Crippen LogP contribution < -0.4 is 10.9 Å². The summed E-state index contributed by atoms with van der Waals surface area (Å²) in [7, 11) is 0. The Kier molecular flexibility index (Phi) is 4.85. The molecule has 7 nitrogen and oxygen atoms in total. The summed E-state index contributed by atoms with van der Waals surface area (Å²) in [5, 5.41) is 12.5. The predicted molar refractivity (Wildman–Crippen MR) is 85.3 cm³/mol. The van der Waals surface area contributed by atoms with Crippen LogP contribution in [0.15, 0.2) is 17.1 Å². The number of aryl methyl sites for hydroxylation is 1. The van der Waals surface area contributed by atoms with E-state index in [1.807, 2.05) is 25.3 Å². The van der Waals surface area contributed by atoms with Gasteiger partial charge in [-0.25, -0.2) is 0 Å². The molecule has 0 spiro atoms. The van der Waals surface area contributed by atoms with Crippen molar-refractivity contribution in [3.63, 3.8) is 0 Å². The second-order valence-corrected chi connectivity index (χ2v) is 5.53. The Hall–Kier alpha value is -2.31. The third kappa shape index (κ3) is 3.29. The number of hydrogen-bond acceptors (Lipinski definition) is 4. The first-order valence-electron chi connectivity index (χ1n) is 7.52. The van der Waals surface area contributed by atoms with E-state index in [1.54, 1.807) is 16.8 Å². The molecule has 0 saturated carbocycles. The van der Waals surface area contributed by atoms with Crippen LogP contribution in [0.1, 0.15) is 33.6 Å². The Bertz CT molecular complexity index is 730. The molecule has 2 N–H and O–H groups in total. The molecule has 0 bridgehead atoms. The fourth-order valence-electron chi connectivity index (χ4n) is 2.40. The van der Waals surface area contributed by atoms with Gasteiger partial charge in [0.1, 0.15) is 5.65 Å². The maximum Gasteiger partial charge on any atom is 0.303 e. The lowest BCUT2D eigenvalue weighted by atomic mass is 10.3. The standard InChI is InChI=1S/C15H22N4O3/c1-4-19-14(22)11-7-9-18(8-5-6-12(20)21)13(11)17-15(19)16-10(2)3/h7,9-10H,4-6,8H2,1-3H3,(H,16,17)(H,20,21). The first-order valence-corrected chi connectivity index (χ1v) is 7.52. The Balaban J connectivity index is 2.43. The van der Waals surface area contributed by atoms with Crippen LogP contribution in [0.3, 0.4) is 0 Å². The maximum atomic E-state index is 12.5. The number of aromatic nitrogens is 3. The van der Waals surface area contributed by atoms with Crippen LogP contribution >= 0.6 is 0 Å². The van der Waals surface area contributed by atoms with Gasteiger partial charge in [0.15, 0.2) is 0 Å². The minimum absolute atomic E-state index is 0.0763. The van der Waals surface area contributed by atoms with Crippen molar-refractivity contribution in [2.45, 2.75) is 52.7 Å². The van der Waals surface area contributed by atoms with Crippen LogP contribution in [0.25, 0.3) is 11.0 Å². The number of nitrogens with one attached hydrogen (secondary N) is 1. The van der Waals surface area contributed by atoms with Crippen molar-refractivity contribution in [1.29, 1.82) is 0 Å². The smallest absolute Gasteiger partial charge is 0.303 e. The van der Waals surface area contributed by atoms with Gasteiger partial charge in [-0.2, -0.15) is 4.98 Å². The van der Waals surface area contributed by atoms with Crippen LogP contribution in [0.5, 0.6) is 0 Å². The highest BCUT2D eigenvalue weighted by atomic mass is 16.4. The fraction of sp³-hybridized carbons (Fsp3) is 0.533. The third-order valence-corrected chi connectivity index (χ3v) is 3.40. The molecule has 2 heterocycles. The van der Waals surface area contributed by atoms with E-state index in [-0.39, 0.29) is 18.0 Å². The number of aliphatic carboxylic acids is 1. The molecule has 0 aromatic carbocycles. The van der Waals surface area contributed by atoms with Crippen molar-refractivity contribution in [3.05, 3.63) is 22.6 Å². The molecule has 120 valence electrons. The van der Waals surface area contributed by atoms with Gasteiger partial charge in [-0.3, -0.25) is 14.2 Å². The summed E-state index contributed by atoms with van der Waals surface area (Å²) in [6.07, 6.45) is 2.40. The molecule has 0 unspecified atom stereocenters. The van der Waals surface area contributed by atoms with E-state index in [9.17, 15) is 9.59 Å². The second-order valence-electron chi connectivity index (χ2n) is 5.53. The van der Waals surface area contributed by atoms with E-state index in [1.165, 1.54) is 0 Å². The van der Waals surface area contributed by atoms with Gasteiger partial charge in [-0.05, 0) is 33.3 Å². The largest absolute Gasteiger partial charge is 0.481 e. The van der Waals surface area contributed by atoms with Crippen LogP contribution in [-0.2, 0) is 17.9 Å². The molecule has 0 atom stereocenters. The van der Waals surface area contributed by atoms with E-state index < -0.39 is 5.97 Å². The van der Waals surface area contributed by atoms with Crippen molar-refractivity contribution >= 4 is 23.0 Å². The Morgan fingerprint density at radius 1 is 1.45 bits per heavy atom. The number of carboxylic acid groups (broad SMARTS) is 1. The third-order valence-electron chi connectivity index (χ3n) is 3.40. The molecule has 0 saturated heterocycles. The highest BCUT2D eigenvalue weighted by molar-refractivity contribution is 5.76. The second kappa shape index (κ2) is 6.64. The van der Waals surface area contributed by atoms with Crippen molar-refractivity contribution in [1.82, 2.24) is 14.1 Å². The zero-order chi connectivity index (χ0) is 16.3. The Labute approximate surface area is 128 Å². The van der Waals surface area contributed by atoms with Crippen LogP contribution in [-0.4, -0.2) is 31.2 Å². The molecule has 0 aliphatic heterocycles. The van der Waals surface area contributed by atoms with E-state index in [0.717, 1.165) is 0 Å². The molecule has 22 heavy (non-hydrogen) atoms. The summed E-state index contributed by atoms with van der Waals surface area (Å²) < 4.78 is 3.45. The van der Waals surface area contributed by atoms with Crippen molar-refractivity contribution < 1.29 is 9.90 Å². The lowest BCUT2D eigenvalue weighted by Gasteiger charge is -2.15. The highest BCUT2D eigenvalue weighted by Crippen LogP contribution is 2.14. The minimum atomic E-state index is -0.820. The quantitative estimate of drug-likeness (QED) is 0.815. The maximum absolute atomic E-state index is 12.5. The van der Waals surface area contributed by atoms with E-state index in [4.69, 9.17) is 5.11 Å².